The number of hydrogen-bond donors (Lipinski definition) is 1. The van der Waals surface area contributed by atoms with Crippen molar-refractivity contribution in [2.75, 3.05) is 53.0 Å². The van der Waals surface area contributed by atoms with Crippen molar-refractivity contribution in [1.82, 2.24) is 9.80 Å². The van der Waals surface area contributed by atoms with Crippen LogP contribution in [0.3, 0.4) is 0 Å². The van der Waals surface area contributed by atoms with Crippen LogP contribution in [0.5, 0.6) is 0 Å². The van der Waals surface area contributed by atoms with Gasteiger partial charge in [0.25, 0.3) is 5.91 Å². The van der Waals surface area contributed by atoms with Crippen molar-refractivity contribution in [3.8, 4) is 0 Å². The van der Waals surface area contributed by atoms with Crippen LogP contribution >= 0.6 is 0 Å². The molecule has 1 amide bonds. The van der Waals surface area contributed by atoms with E-state index >= 15 is 0 Å². The molecule has 2 fully saturated rings. The van der Waals surface area contributed by atoms with Crippen molar-refractivity contribution in [3.05, 3.63) is 35.9 Å². The number of nitrogens with zero attached hydrogens (tertiary/aromatic N) is 2. The van der Waals surface area contributed by atoms with Gasteiger partial charge in [0.05, 0.1) is 6.61 Å². The molecule has 5 nitrogen and oxygen atoms in total. The van der Waals surface area contributed by atoms with Crippen LogP contribution in [0.4, 0.5) is 0 Å². The summed E-state index contributed by atoms with van der Waals surface area (Å²) in [6.45, 7) is 5.39. The van der Waals surface area contributed by atoms with E-state index in [-0.39, 0.29) is 17.9 Å². The number of aliphatic hydroxyl groups excluding tert-OH is 1. The van der Waals surface area contributed by atoms with Crippen molar-refractivity contribution in [2.24, 2.45) is 11.3 Å². The lowest BCUT2D eigenvalue weighted by Crippen LogP contribution is -2.47. The summed E-state index contributed by atoms with van der Waals surface area (Å²) in [5, 5.41) is 9.84. The van der Waals surface area contributed by atoms with E-state index in [1.807, 2.05) is 35.2 Å². The van der Waals surface area contributed by atoms with Gasteiger partial charge in [-0.1, -0.05) is 18.2 Å². The lowest BCUT2D eigenvalue weighted by molar-refractivity contribution is 0.0399. The SMILES string of the molecule is COCCN1CC(CO)C2(CCN(C(=O)c3ccccc3)CC2)C1. The van der Waals surface area contributed by atoms with E-state index in [1.54, 1.807) is 7.11 Å². The van der Waals surface area contributed by atoms with Gasteiger partial charge in [0.15, 0.2) is 0 Å². The molecule has 1 unspecified atom stereocenters. The lowest BCUT2D eigenvalue weighted by atomic mass is 9.71. The minimum Gasteiger partial charge on any atom is -0.396 e. The van der Waals surface area contributed by atoms with Gasteiger partial charge in [0.1, 0.15) is 0 Å². The fraction of sp³-hybridized carbons (Fsp3) is 0.632. The average Bonchev–Trinajstić information content (AvgIpc) is 2.98. The maximum absolute atomic E-state index is 12.6. The number of hydrogen-bond acceptors (Lipinski definition) is 4. The summed E-state index contributed by atoms with van der Waals surface area (Å²) >= 11 is 0. The summed E-state index contributed by atoms with van der Waals surface area (Å²) in [4.78, 5) is 17.0. The summed E-state index contributed by atoms with van der Waals surface area (Å²) in [5.41, 5.74) is 0.913. The molecule has 24 heavy (non-hydrogen) atoms. The number of carbonyl (C=O) groups is 1. The molecular formula is C19H28N2O3. The van der Waals surface area contributed by atoms with Gasteiger partial charge in [-0.3, -0.25) is 4.79 Å². The van der Waals surface area contributed by atoms with Gasteiger partial charge in [-0.2, -0.15) is 0 Å². The number of aliphatic hydroxyl groups is 1. The molecule has 2 aliphatic heterocycles. The Bertz CT molecular complexity index is 541. The van der Waals surface area contributed by atoms with Gasteiger partial charge in [0, 0.05) is 57.9 Å². The van der Waals surface area contributed by atoms with Crippen molar-refractivity contribution in [3.63, 3.8) is 0 Å². The predicted molar refractivity (Wildman–Crippen MR) is 92.9 cm³/mol. The highest BCUT2D eigenvalue weighted by Crippen LogP contribution is 2.44. The van der Waals surface area contributed by atoms with E-state index in [1.165, 1.54) is 0 Å². The average molecular weight is 332 g/mol. The second-order valence-electron chi connectivity index (χ2n) is 7.13. The Balaban J connectivity index is 1.62. The molecule has 0 radical (unpaired) electrons. The number of piperidine rings is 1. The minimum absolute atomic E-state index is 0.125. The van der Waals surface area contributed by atoms with Gasteiger partial charge in [0.2, 0.25) is 0 Å². The van der Waals surface area contributed by atoms with Gasteiger partial charge in [-0.05, 0) is 30.4 Å². The molecule has 2 aliphatic rings. The number of ether oxygens (including phenoxy) is 1. The summed E-state index contributed by atoms with van der Waals surface area (Å²) < 4.78 is 5.19. The van der Waals surface area contributed by atoms with Crippen LogP contribution < -0.4 is 0 Å². The number of benzene rings is 1. The molecule has 0 aliphatic carbocycles. The van der Waals surface area contributed by atoms with Crippen molar-refractivity contribution < 1.29 is 14.6 Å². The van der Waals surface area contributed by atoms with E-state index in [2.05, 4.69) is 4.90 Å². The van der Waals surface area contributed by atoms with Gasteiger partial charge >= 0.3 is 0 Å². The van der Waals surface area contributed by atoms with Gasteiger partial charge < -0.3 is 19.6 Å². The minimum atomic E-state index is 0.125. The zero-order valence-electron chi connectivity index (χ0n) is 14.5. The quantitative estimate of drug-likeness (QED) is 0.887. The largest absolute Gasteiger partial charge is 0.396 e. The molecule has 2 saturated heterocycles. The lowest BCUT2D eigenvalue weighted by Gasteiger charge is -2.42. The molecule has 0 aromatic heterocycles. The highest BCUT2D eigenvalue weighted by molar-refractivity contribution is 5.94. The van der Waals surface area contributed by atoms with Crippen LogP contribution in [-0.2, 0) is 4.74 Å². The van der Waals surface area contributed by atoms with Crippen molar-refractivity contribution in [2.45, 2.75) is 12.8 Å². The third-order valence-corrected chi connectivity index (χ3v) is 5.78. The van der Waals surface area contributed by atoms with Gasteiger partial charge in [-0.25, -0.2) is 0 Å². The molecule has 1 aromatic rings. The Labute approximate surface area is 144 Å². The smallest absolute Gasteiger partial charge is 0.253 e. The topological polar surface area (TPSA) is 53.0 Å². The Morgan fingerprint density at radius 3 is 2.62 bits per heavy atom. The molecule has 3 rings (SSSR count). The highest BCUT2D eigenvalue weighted by atomic mass is 16.5. The fourth-order valence-electron chi connectivity index (χ4n) is 4.27. The molecule has 1 N–H and O–H groups in total. The van der Waals surface area contributed by atoms with Crippen LogP contribution in [0.2, 0.25) is 0 Å². The molecule has 2 heterocycles. The first-order valence-electron chi connectivity index (χ1n) is 8.85. The monoisotopic (exact) mass is 332 g/mol. The molecule has 1 aromatic carbocycles. The normalized spacial score (nSPS) is 23.8. The van der Waals surface area contributed by atoms with E-state index in [9.17, 15) is 9.90 Å². The summed E-state index contributed by atoms with van der Waals surface area (Å²) in [7, 11) is 1.73. The van der Waals surface area contributed by atoms with Crippen LogP contribution in [0.15, 0.2) is 30.3 Å². The van der Waals surface area contributed by atoms with Crippen molar-refractivity contribution in [1.29, 1.82) is 0 Å². The number of carbonyl (C=O) groups excluding carboxylic acids is 1. The van der Waals surface area contributed by atoms with Crippen LogP contribution in [0.25, 0.3) is 0 Å². The van der Waals surface area contributed by atoms with E-state index in [4.69, 9.17) is 4.74 Å². The number of amides is 1. The second kappa shape index (κ2) is 7.64. The zero-order valence-corrected chi connectivity index (χ0v) is 14.5. The van der Waals surface area contributed by atoms with E-state index in [0.717, 1.165) is 57.7 Å². The molecule has 0 bridgehead atoms. The first-order valence-corrected chi connectivity index (χ1v) is 8.85. The summed E-state index contributed by atoms with van der Waals surface area (Å²) in [6, 6.07) is 9.51. The third kappa shape index (κ3) is 3.48. The first kappa shape index (κ1) is 17.4. The Hall–Kier alpha value is -1.43. The van der Waals surface area contributed by atoms with E-state index < -0.39 is 0 Å². The number of rotatable bonds is 5. The molecular weight excluding hydrogens is 304 g/mol. The van der Waals surface area contributed by atoms with Crippen molar-refractivity contribution >= 4 is 5.91 Å². The van der Waals surface area contributed by atoms with Crippen LogP contribution in [0.1, 0.15) is 23.2 Å². The fourth-order valence-corrected chi connectivity index (χ4v) is 4.27. The number of likely N-dealkylation sites (tertiary alicyclic amines) is 2. The predicted octanol–water partition coefficient (Wildman–Crippen LogP) is 1.48. The van der Waals surface area contributed by atoms with Gasteiger partial charge in [-0.15, -0.1) is 0 Å². The second-order valence-corrected chi connectivity index (χ2v) is 7.13. The summed E-state index contributed by atoms with van der Waals surface area (Å²) in [6.07, 6.45) is 1.95. The highest BCUT2D eigenvalue weighted by Gasteiger charge is 2.47. The Kier molecular flexibility index (Phi) is 5.54. The van der Waals surface area contributed by atoms with Crippen LogP contribution in [-0.4, -0.2) is 73.9 Å². The van der Waals surface area contributed by atoms with Crippen LogP contribution in [0, 0.1) is 11.3 Å². The zero-order chi connectivity index (χ0) is 17.0. The third-order valence-electron chi connectivity index (χ3n) is 5.78. The Morgan fingerprint density at radius 1 is 1.29 bits per heavy atom. The molecule has 1 atom stereocenters. The molecule has 0 saturated carbocycles. The summed E-state index contributed by atoms with van der Waals surface area (Å²) in [5.74, 6) is 0.434. The standard InChI is InChI=1S/C19H28N2O3/c1-24-12-11-20-13-17(14-22)19(15-20)7-9-21(10-8-19)18(23)16-5-3-2-4-6-16/h2-6,17,22H,7-15H2,1H3. The molecule has 132 valence electrons. The molecule has 1 spiro atoms. The maximum Gasteiger partial charge on any atom is 0.253 e. The maximum atomic E-state index is 12.6. The first-order chi connectivity index (χ1) is 11.7. The Morgan fingerprint density at radius 2 is 2.00 bits per heavy atom. The number of methoxy groups -OCH3 is 1. The van der Waals surface area contributed by atoms with E-state index in [0.29, 0.717) is 5.92 Å². The molecule has 5 heteroatoms.